The van der Waals surface area contributed by atoms with Crippen LogP contribution >= 0.6 is 0 Å². The average molecular weight is 302 g/mol. The zero-order valence-electron chi connectivity index (χ0n) is 12.9. The van der Waals surface area contributed by atoms with E-state index in [4.69, 9.17) is 4.74 Å². The number of likely N-dealkylation sites (tertiary alicyclic amines) is 1. The van der Waals surface area contributed by atoms with Gasteiger partial charge in [0.25, 0.3) is 0 Å². The van der Waals surface area contributed by atoms with Gasteiger partial charge < -0.3 is 15.0 Å². The highest BCUT2D eigenvalue weighted by Gasteiger charge is 2.35. The van der Waals surface area contributed by atoms with Gasteiger partial charge in [0.1, 0.15) is 0 Å². The summed E-state index contributed by atoms with van der Waals surface area (Å²) >= 11 is 0. The van der Waals surface area contributed by atoms with Crippen LogP contribution in [0.2, 0.25) is 0 Å². The van der Waals surface area contributed by atoms with Gasteiger partial charge in [0.05, 0.1) is 12.0 Å². The number of nitrogens with one attached hydrogen (secondary N) is 1. The topological polar surface area (TPSA) is 58.6 Å². The van der Waals surface area contributed by atoms with Crippen molar-refractivity contribution in [3.05, 3.63) is 29.8 Å². The quantitative estimate of drug-likeness (QED) is 0.930. The lowest BCUT2D eigenvalue weighted by Gasteiger charge is -2.36. The number of benzene rings is 1. The number of carbonyl (C=O) groups excluding carboxylic acids is 2. The molecule has 5 nitrogen and oxygen atoms in total. The van der Waals surface area contributed by atoms with Gasteiger partial charge >= 0.3 is 0 Å². The third-order valence-electron chi connectivity index (χ3n) is 4.39. The van der Waals surface area contributed by atoms with Crippen LogP contribution in [0.5, 0.6) is 0 Å². The highest BCUT2D eigenvalue weighted by molar-refractivity contribution is 6.01. The summed E-state index contributed by atoms with van der Waals surface area (Å²) in [5.41, 5.74) is 1.68. The molecule has 0 bridgehead atoms. The molecule has 1 saturated heterocycles. The minimum atomic E-state index is -0.370. The van der Waals surface area contributed by atoms with Crippen LogP contribution in [0.15, 0.2) is 24.3 Å². The Morgan fingerprint density at radius 2 is 2.23 bits per heavy atom. The van der Waals surface area contributed by atoms with Gasteiger partial charge in [0.15, 0.2) is 0 Å². The first-order valence-corrected chi connectivity index (χ1v) is 7.98. The Morgan fingerprint density at radius 1 is 1.41 bits per heavy atom. The van der Waals surface area contributed by atoms with Crippen molar-refractivity contribution in [2.45, 2.75) is 38.2 Å². The molecular formula is C17H22N2O3. The number of anilines is 1. The van der Waals surface area contributed by atoms with Crippen molar-refractivity contribution >= 4 is 17.5 Å². The molecule has 2 atom stereocenters. The van der Waals surface area contributed by atoms with Crippen molar-refractivity contribution < 1.29 is 14.3 Å². The molecule has 0 aromatic heterocycles. The second kappa shape index (κ2) is 6.48. The summed E-state index contributed by atoms with van der Waals surface area (Å²) in [7, 11) is 0. The summed E-state index contributed by atoms with van der Waals surface area (Å²) in [6.07, 6.45) is 2.30. The summed E-state index contributed by atoms with van der Waals surface area (Å²) in [4.78, 5) is 26.7. The number of carbonyl (C=O) groups is 2. The molecule has 3 rings (SSSR count). The smallest absolute Gasteiger partial charge is 0.230 e. The molecule has 0 saturated carbocycles. The summed E-state index contributed by atoms with van der Waals surface area (Å²) < 4.78 is 5.67. The van der Waals surface area contributed by atoms with Crippen LogP contribution in [-0.2, 0) is 14.3 Å². The van der Waals surface area contributed by atoms with Crippen LogP contribution < -0.4 is 5.32 Å². The molecule has 1 aromatic rings. The standard InChI is InChI=1S/C17H22N2O3/c1-2-22-12-6-5-9-19(11-12)17(21)14-10-16(20)18-15-8-4-3-7-13(14)15/h3-4,7-8,12,14H,2,5-6,9-11H2,1H3,(H,18,20)/t12-,14-/m0/s1. The maximum Gasteiger partial charge on any atom is 0.230 e. The second-order valence-electron chi connectivity index (χ2n) is 5.90. The Morgan fingerprint density at radius 3 is 3.05 bits per heavy atom. The van der Waals surface area contributed by atoms with Crippen LogP contribution in [0.1, 0.15) is 37.7 Å². The Bertz CT molecular complexity index is 571. The van der Waals surface area contributed by atoms with Crippen LogP contribution in [0.4, 0.5) is 5.69 Å². The van der Waals surface area contributed by atoms with Crippen LogP contribution in [-0.4, -0.2) is 42.5 Å². The fraction of sp³-hybridized carbons (Fsp3) is 0.529. The Balaban J connectivity index is 1.78. The van der Waals surface area contributed by atoms with E-state index in [0.717, 1.165) is 30.6 Å². The number of piperidine rings is 1. The molecule has 1 N–H and O–H groups in total. The highest BCUT2D eigenvalue weighted by atomic mass is 16.5. The lowest BCUT2D eigenvalue weighted by atomic mass is 9.88. The number of fused-ring (bicyclic) bond motifs is 1. The molecule has 2 amide bonds. The van der Waals surface area contributed by atoms with Crippen molar-refractivity contribution in [1.82, 2.24) is 4.90 Å². The molecule has 5 heteroatoms. The molecule has 22 heavy (non-hydrogen) atoms. The van der Waals surface area contributed by atoms with Crippen LogP contribution in [0.3, 0.4) is 0 Å². The lowest BCUT2D eigenvalue weighted by Crippen LogP contribution is -2.46. The second-order valence-corrected chi connectivity index (χ2v) is 5.90. The number of amides is 2. The van der Waals surface area contributed by atoms with Gasteiger partial charge in [0.2, 0.25) is 11.8 Å². The highest BCUT2D eigenvalue weighted by Crippen LogP contribution is 2.34. The van der Waals surface area contributed by atoms with E-state index in [2.05, 4.69) is 5.32 Å². The van der Waals surface area contributed by atoms with Gasteiger partial charge in [0, 0.05) is 31.8 Å². The van der Waals surface area contributed by atoms with Gasteiger partial charge in [-0.3, -0.25) is 9.59 Å². The van der Waals surface area contributed by atoms with Gasteiger partial charge in [-0.2, -0.15) is 0 Å². The van der Waals surface area contributed by atoms with Gasteiger partial charge in [-0.15, -0.1) is 0 Å². The molecule has 0 aliphatic carbocycles. The van der Waals surface area contributed by atoms with E-state index in [-0.39, 0.29) is 30.3 Å². The normalized spacial score (nSPS) is 24.6. The zero-order chi connectivity index (χ0) is 15.5. The largest absolute Gasteiger partial charge is 0.377 e. The summed E-state index contributed by atoms with van der Waals surface area (Å²) in [6, 6.07) is 7.57. The van der Waals surface area contributed by atoms with Gasteiger partial charge in [-0.1, -0.05) is 18.2 Å². The Hall–Kier alpha value is -1.88. The lowest BCUT2D eigenvalue weighted by molar-refractivity contribution is -0.138. The number of para-hydroxylation sites is 1. The maximum absolute atomic E-state index is 12.9. The Labute approximate surface area is 130 Å². The van der Waals surface area contributed by atoms with E-state index in [1.165, 1.54) is 0 Å². The van der Waals surface area contributed by atoms with E-state index < -0.39 is 0 Å². The number of ether oxygens (including phenoxy) is 1. The van der Waals surface area contributed by atoms with E-state index in [9.17, 15) is 9.59 Å². The molecule has 0 spiro atoms. The fourth-order valence-corrected chi connectivity index (χ4v) is 3.36. The predicted molar refractivity (Wildman–Crippen MR) is 83.7 cm³/mol. The van der Waals surface area contributed by atoms with Gasteiger partial charge in [-0.05, 0) is 31.4 Å². The monoisotopic (exact) mass is 302 g/mol. The van der Waals surface area contributed by atoms with Gasteiger partial charge in [-0.25, -0.2) is 0 Å². The van der Waals surface area contributed by atoms with Crippen molar-refractivity contribution in [2.75, 3.05) is 25.0 Å². The fourth-order valence-electron chi connectivity index (χ4n) is 3.36. The minimum absolute atomic E-state index is 0.0479. The molecule has 2 aliphatic rings. The van der Waals surface area contributed by atoms with E-state index in [0.29, 0.717) is 13.2 Å². The Kier molecular flexibility index (Phi) is 4.43. The van der Waals surface area contributed by atoms with Crippen molar-refractivity contribution in [3.8, 4) is 0 Å². The molecule has 0 unspecified atom stereocenters. The minimum Gasteiger partial charge on any atom is -0.377 e. The molecule has 1 aromatic carbocycles. The van der Waals surface area contributed by atoms with E-state index in [1.807, 2.05) is 36.1 Å². The summed E-state index contributed by atoms with van der Waals surface area (Å²) in [6.45, 7) is 4.03. The van der Waals surface area contributed by atoms with Crippen molar-refractivity contribution in [1.29, 1.82) is 0 Å². The first-order chi connectivity index (χ1) is 10.7. The summed E-state index contributed by atoms with van der Waals surface area (Å²) in [5, 5.41) is 2.84. The average Bonchev–Trinajstić information content (AvgIpc) is 2.54. The zero-order valence-corrected chi connectivity index (χ0v) is 12.9. The van der Waals surface area contributed by atoms with E-state index in [1.54, 1.807) is 0 Å². The first-order valence-electron chi connectivity index (χ1n) is 7.98. The summed E-state index contributed by atoms with van der Waals surface area (Å²) in [5.74, 6) is -0.410. The van der Waals surface area contributed by atoms with Crippen molar-refractivity contribution in [3.63, 3.8) is 0 Å². The molecule has 1 fully saturated rings. The van der Waals surface area contributed by atoms with Crippen LogP contribution in [0.25, 0.3) is 0 Å². The van der Waals surface area contributed by atoms with E-state index >= 15 is 0 Å². The molecular weight excluding hydrogens is 280 g/mol. The number of rotatable bonds is 3. The van der Waals surface area contributed by atoms with Crippen LogP contribution in [0, 0.1) is 0 Å². The molecule has 2 aliphatic heterocycles. The molecule has 0 radical (unpaired) electrons. The number of nitrogens with zero attached hydrogens (tertiary/aromatic N) is 1. The molecule has 118 valence electrons. The SMILES string of the molecule is CCO[C@H]1CCCN(C(=O)[C@H]2CC(=O)Nc3ccccc32)C1. The number of hydrogen-bond donors (Lipinski definition) is 1. The third kappa shape index (κ3) is 2.99. The predicted octanol–water partition coefficient (Wildman–Crippen LogP) is 2.14. The first kappa shape index (κ1) is 15.0. The van der Waals surface area contributed by atoms with Crippen molar-refractivity contribution in [2.24, 2.45) is 0 Å². The number of hydrogen-bond acceptors (Lipinski definition) is 3. The third-order valence-corrected chi connectivity index (χ3v) is 4.39. The molecule has 2 heterocycles. The maximum atomic E-state index is 12.9.